The van der Waals surface area contributed by atoms with Crippen LogP contribution in [-0.2, 0) is 13.2 Å². The molecule has 1 aliphatic heterocycles. The molecule has 0 amide bonds. The van der Waals surface area contributed by atoms with Gasteiger partial charge in [-0.1, -0.05) is 37.5 Å². The van der Waals surface area contributed by atoms with Gasteiger partial charge in [-0.05, 0) is 68.2 Å². The van der Waals surface area contributed by atoms with Crippen molar-refractivity contribution in [3.05, 3.63) is 87.5 Å². The lowest BCUT2D eigenvalue weighted by Crippen LogP contribution is -2.33. The number of non-ortho nitro benzene ring substituents is 1. The van der Waals surface area contributed by atoms with Crippen LogP contribution in [0.3, 0.4) is 0 Å². The van der Waals surface area contributed by atoms with Crippen LogP contribution in [0, 0.1) is 10.1 Å². The molecule has 0 unspecified atom stereocenters. The molecule has 1 aromatic heterocycles. The second-order valence-corrected chi connectivity index (χ2v) is 12.0. The number of nitro benzene ring substituents is 1. The molecule has 3 aromatic carbocycles. The van der Waals surface area contributed by atoms with Gasteiger partial charge in [0.1, 0.15) is 12.4 Å². The van der Waals surface area contributed by atoms with Gasteiger partial charge in [0.25, 0.3) is 5.69 Å². The first-order chi connectivity index (χ1) is 20.8. The van der Waals surface area contributed by atoms with Crippen LogP contribution in [-0.4, -0.2) is 59.2 Å². The fourth-order valence-corrected chi connectivity index (χ4v) is 6.72. The highest BCUT2D eigenvalue weighted by Gasteiger charge is 2.31. The van der Waals surface area contributed by atoms with E-state index in [2.05, 4.69) is 40.6 Å². The number of likely N-dealkylation sites (N-methyl/N-ethyl adjacent to an activating group) is 1. The maximum atomic E-state index is 12.0. The van der Waals surface area contributed by atoms with Crippen molar-refractivity contribution in [1.29, 1.82) is 0 Å². The monoisotopic (exact) mass is 582 g/mol. The smallest absolute Gasteiger partial charge is 0.335 e. The first-order valence-electron chi connectivity index (χ1n) is 15.1. The number of aromatic carboxylic acids is 1. The summed E-state index contributed by atoms with van der Waals surface area (Å²) in [7, 11) is 4.14. The number of rotatable bonds is 9. The van der Waals surface area contributed by atoms with Gasteiger partial charge in [0.2, 0.25) is 0 Å². The average Bonchev–Trinajstić information content (AvgIpc) is 3.24. The minimum atomic E-state index is -0.913. The van der Waals surface area contributed by atoms with E-state index in [1.54, 1.807) is 18.2 Å². The zero-order valence-electron chi connectivity index (χ0n) is 24.8. The molecular weight excluding hydrogens is 544 g/mol. The predicted octanol–water partition coefficient (Wildman–Crippen LogP) is 6.92. The molecule has 0 bridgehead atoms. The van der Waals surface area contributed by atoms with E-state index in [9.17, 15) is 20.0 Å². The quantitative estimate of drug-likeness (QED) is 0.169. The van der Waals surface area contributed by atoms with E-state index in [-0.39, 0.29) is 12.3 Å². The summed E-state index contributed by atoms with van der Waals surface area (Å²) in [5.41, 5.74) is 6.84. The molecule has 0 spiro atoms. The van der Waals surface area contributed by atoms with Gasteiger partial charge in [-0.3, -0.25) is 10.1 Å². The van der Waals surface area contributed by atoms with Gasteiger partial charge in [-0.15, -0.1) is 0 Å². The topological polar surface area (TPSA) is 101 Å². The number of carboxylic acids is 1. The maximum absolute atomic E-state index is 12.0. The van der Waals surface area contributed by atoms with Gasteiger partial charge in [-0.2, -0.15) is 0 Å². The van der Waals surface area contributed by atoms with Gasteiger partial charge in [0, 0.05) is 66.5 Å². The Labute approximate surface area is 251 Å². The summed E-state index contributed by atoms with van der Waals surface area (Å²) in [5, 5.41) is 22.2. The summed E-state index contributed by atoms with van der Waals surface area (Å²) in [6.07, 6.45) is 5.94. The summed E-state index contributed by atoms with van der Waals surface area (Å²) in [5.74, 6) is 0.218. The number of ether oxygens (including phenoxy) is 1. The van der Waals surface area contributed by atoms with Crippen LogP contribution < -0.4 is 9.64 Å². The second-order valence-electron chi connectivity index (χ2n) is 12.0. The van der Waals surface area contributed by atoms with Crippen molar-refractivity contribution in [1.82, 2.24) is 9.47 Å². The Kier molecular flexibility index (Phi) is 8.08. The molecule has 1 N–H and O–H groups in total. The Bertz CT molecular complexity index is 1670. The molecule has 43 heavy (non-hydrogen) atoms. The number of benzene rings is 3. The third kappa shape index (κ3) is 5.82. The van der Waals surface area contributed by atoms with Crippen LogP contribution >= 0.6 is 0 Å². The molecule has 4 aromatic rings. The molecule has 6 rings (SSSR count). The maximum Gasteiger partial charge on any atom is 0.335 e. The number of aromatic nitrogens is 1. The lowest BCUT2D eigenvalue weighted by atomic mass is 9.81. The molecule has 9 nitrogen and oxygen atoms in total. The molecule has 0 saturated heterocycles. The second kappa shape index (κ2) is 12.1. The van der Waals surface area contributed by atoms with Crippen LogP contribution in [0.25, 0.3) is 22.2 Å². The van der Waals surface area contributed by atoms with Crippen molar-refractivity contribution in [2.24, 2.45) is 0 Å². The van der Waals surface area contributed by atoms with Crippen molar-refractivity contribution < 1.29 is 19.6 Å². The average molecular weight is 583 g/mol. The number of nitro groups is 1. The van der Waals surface area contributed by atoms with E-state index >= 15 is 0 Å². The van der Waals surface area contributed by atoms with Crippen molar-refractivity contribution >= 4 is 28.2 Å². The number of hydrogen-bond acceptors (Lipinski definition) is 6. The molecule has 1 aliphatic carbocycles. The third-order valence-electron chi connectivity index (χ3n) is 8.87. The van der Waals surface area contributed by atoms with Gasteiger partial charge < -0.3 is 24.2 Å². The largest absolute Gasteiger partial charge is 0.489 e. The first kappa shape index (κ1) is 28.7. The Balaban J connectivity index is 1.46. The van der Waals surface area contributed by atoms with Gasteiger partial charge in [-0.25, -0.2) is 4.79 Å². The molecular formula is C34H38N4O5. The zero-order chi connectivity index (χ0) is 30.1. The molecule has 2 heterocycles. The lowest BCUT2D eigenvalue weighted by molar-refractivity contribution is -0.384. The van der Waals surface area contributed by atoms with Crippen molar-refractivity contribution in [3.63, 3.8) is 0 Å². The molecule has 1 fully saturated rings. The van der Waals surface area contributed by atoms with Crippen molar-refractivity contribution in [2.45, 2.75) is 51.2 Å². The summed E-state index contributed by atoms with van der Waals surface area (Å²) in [6.45, 7) is 3.45. The Morgan fingerprint density at radius 1 is 1.05 bits per heavy atom. The molecule has 224 valence electrons. The number of hydrogen-bond donors (Lipinski definition) is 1. The number of fused-ring (bicyclic) bond motifs is 5. The van der Waals surface area contributed by atoms with Gasteiger partial charge >= 0.3 is 5.97 Å². The van der Waals surface area contributed by atoms with Crippen LogP contribution in [0.4, 0.5) is 11.4 Å². The van der Waals surface area contributed by atoms with E-state index in [1.807, 2.05) is 24.3 Å². The predicted molar refractivity (Wildman–Crippen MR) is 168 cm³/mol. The first-order valence-corrected chi connectivity index (χ1v) is 15.1. The summed E-state index contributed by atoms with van der Waals surface area (Å²) in [4.78, 5) is 27.4. The minimum absolute atomic E-state index is 0.0482. The standard InChI is InChI=1S/C34H38N4O5/c1-35(2)15-16-36-17-18-37-31-20-25(34(39)40)11-13-28(31)32(24-8-4-3-5-9-24)33(37)29-14-12-27(21-30(29)36)43-22-23-7-6-10-26(19-23)38(41)42/h6-7,10-14,19-21,24H,3-5,8-9,15-18,22H2,1-2H3,(H,39,40). The summed E-state index contributed by atoms with van der Waals surface area (Å²) in [6, 6.07) is 18.4. The Morgan fingerprint density at radius 2 is 1.86 bits per heavy atom. The Hall–Kier alpha value is -4.37. The minimum Gasteiger partial charge on any atom is -0.489 e. The molecule has 1 saturated carbocycles. The zero-order valence-corrected chi connectivity index (χ0v) is 24.8. The highest BCUT2D eigenvalue weighted by molar-refractivity contribution is 5.99. The lowest BCUT2D eigenvalue weighted by Gasteiger charge is -2.27. The number of nitrogens with zero attached hydrogens (tertiary/aromatic N) is 4. The van der Waals surface area contributed by atoms with E-state index in [4.69, 9.17) is 4.74 Å². The van der Waals surface area contributed by atoms with Crippen molar-refractivity contribution in [3.8, 4) is 17.0 Å². The van der Waals surface area contributed by atoms with Crippen LogP contribution in [0.15, 0.2) is 60.7 Å². The SMILES string of the molecule is CN(C)CCN1CCn2c(c(C3CCCCC3)c3ccc(C(=O)O)cc32)-c2ccc(OCc3cccc([N+](=O)[O-])c3)cc21. The summed E-state index contributed by atoms with van der Waals surface area (Å²) >= 11 is 0. The van der Waals surface area contributed by atoms with E-state index < -0.39 is 10.9 Å². The van der Waals surface area contributed by atoms with Crippen LogP contribution in [0.2, 0.25) is 0 Å². The van der Waals surface area contributed by atoms with Crippen molar-refractivity contribution in [2.75, 3.05) is 38.6 Å². The molecule has 2 aliphatic rings. The van der Waals surface area contributed by atoms with Crippen LogP contribution in [0.1, 0.15) is 59.5 Å². The van der Waals surface area contributed by atoms with E-state index in [0.29, 0.717) is 17.2 Å². The van der Waals surface area contributed by atoms with Crippen LogP contribution in [0.5, 0.6) is 5.75 Å². The highest BCUT2D eigenvalue weighted by atomic mass is 16.6. The van der Waals surface area contributed by atoms with E-state index in [1.165, 1.54) is 36.6 Å². The Morgan fingerprint density at radius 3 is 2.60 bits per heavy atom. The molecule has 0 atom stereocenters. The van der Waals surface area contributed by atoms with Gasteiger partial charge in [0.15, 0.2) is 0 Å². The molecule has 0 radical (unpaired) electrons. The van der Waals surface area contributed by atoms with Gasteiger partial charge in [0.05, 0.1) is 16.2 Å². The third-order valence-corrected chi connectivity index (χ3v) is 8.87. The number of carbonyl (C=O) groups is 1. The number of carboxylic acid groups (broad SMARTS) is 1. The van der Waals surface area contributed by atoms with E-state index in [0.717, 1.165) is 66.7 Å². The fourth-order valence-electron chi connectivity index (χ4n) is 6.72. The normalized spacial score (nSPS) is 15.3. The molecule has 9 heteroatoms. The fraction of sp³-hybridized carbons (Fsp3) is 0.382. The summed E-state index contributed by atoms with van der Waals surface area (Å²) < 4.78 is 8.56. The highest BCUT2D eigenvalue weighted by Crippen LogP contribution is 2.48. The number of anilines is 1.